The summed E-state index contributed by atoms with van der Waals surface area (Å²) in [5.41, 5.74) is -0.386. The van der Waals surface area contributed by atoms with Crippen molar-refractivity contribution in [2.45, 2.75) is 51.2 Å². The number of aliphatic hydroxyl groups is 1. The predicted molar refractivity (Wildman–Crippen MR) is 71.3 cm³/mol. The summed E-state index contributed by atoms with van der Waals surface area (Å²) in [5.74, 6) is 0.758. The van der Waals surface area contributed by atoms with E-state index in [4.69, 9.17) is 0 Å². The Morgan fingerprint density at radius 2 is 1.83 bits per heavy atom. The predicted octanol–water partition coefficient (Wildman–Crippen LogP) is 1.09. The van der Waals surface area contributed by atoms with E-state index in [9.17, 15) is 9.90 Å². The summed E-state index contributed by atoms with van der Waals surface area (Å²) in [4.78, 5) is 16.6. The van der Waals surface area contributed by atoms with Gasteiger partial charge in [0.05, 0.1) is 11.6 Å². The Labute approximate surface area is 110 Å². The third-order valence-corrected chi connectivity index (χ3v) is 4.74. The van der Waals surface area contributed by atoms with E-state index in [2.05, 4.69) is 11.9 Å². The molecule has 0 spiro atoms. The van der Waals surface area contributed by atoms with Gasteiger partial charge in [0.2, 0.25) is 5.91 Å². The van der Waals surface area contributed by atoms with Crippen LogP contribution in [-0.2, 0) is 4.79 Å². The van der Waals surface area contributed by atoms with Crippen LogP contribution in [0.4, 0.5) is 0 Å². The first kappa shape index (κ1) is 13.8. The minimum Gasteiger partial charge on any atom is -0.391 e. The molecule has 1 unspecified atom stereocenters. The van der Waals surface area contributed by atoms with Crippen molar-refractivity contribution in [2.24, 2.45) is 5.92 Å². The molecule has 2 heterocycles. The van der Waals surface area contributed by atoms with Crippen molar-refractivity contribution in [3.63, 3.8) is 0 Å². The van der Waals surface area contributed by atoms with Crippen LogP contribution in [0.15, 0.2) is 0 Å². The second-order valence-corrected chi connectivity index (χ2v) is 6.45. The molecule has 2 fully saturated rings. The van der Waals surface area contributed by atoms with Gasteiger partial charge in [0.1, 0.15) is 0 Å². The Hall–Kier alpha value is -0.610. The summed E-state index contributed by atoms with van der Waals surface area (Å²) in [7, 11) is 2.14. The molecule has 0 bridgehead atoms. The molecule has 1 atom stereocenters. The molecule has 18 heavy (non-hydrogen) atoms. The Bertz CT molecular complexity index is 309. The summed E-state index contributed by atoms with van der Waals surface area (Å²) >= 11 is 0. The van der Waals surface area contributed by atoms with Crippen molar-refractivity contribution < 1.29 is 9.90 Å². The van der Waals surface area contributed by atoms with E-state index in [1.165, 1.54) is 0 Å². The summed E-state index contributed by atoms with van der Waals surface area (Å²) in [6, 6.07) is 0. The lowest BCUT2D eigenvalue weighted by Crippen LogP contribution is -2.48. The van der Waals surface area contributed by atoms with Crippen LogP contribution in [0.2, 0.25) is 0 Å². The fourth-order valence-electron chi connectivity index (χ4n) is 3.14. The molecule has 4 nitrogen and oxygen atoms in total. The molecule has 0 aromatic carbocycles. The Morgan fingerprint density at radius 1 is 1.22 bits per heavy atom. The lowest BCUT2D eigenvalue weighted by molar-refractivity contribution is -0.137. The van der Waals surface area contributed by atoms with E-state index < -0.39 is 0 Å². The molecule has 0 saturated carbocycles. The van der Waals surface area contributed by atoms with Gasteiger partial charge in [-0.3, -0.25) is 4.79 Å². The van der Waals surface area contributed by atoms with Gasteiger partial charge in [-0.25, -0.2) is 0 Å². The lowest BCUT2D eigenvalue weighted by Gasteiger charge is -2.36. The standard InChI is InChI=1S/C14H26N2O2/c1-14(2)12(17)6-9-16(14)13(18)10-11-4-7-15(3)8-5-11/h11-12,17H,4-10H2,1-3H3. The number of nitrogens with zero attached hydrogens (tertiary/aromatic N) is 2. The van der Waals surface area contributed by atoms with Gasteiger partial charge in [0, 0.05) is 13.0 Å². The van der Waals surface area contributed by atoms with Crippen LogP contribution < -0.4 is 0 Å². The van der Waals surface area contributed by atoms with Gasteiger partial charge in [-0.05, 0) is 59.2 Å². The number of piperidine rings is 1. The highest BCUT2D eigenvalue weighted by Crippen LogP contribution is 2.31. The van der Waals surface area contributed by atoms with E-state index in [1.54, 1.807) is 0 Å². The van der Waals surface area contributed by atoms with Crippen LogP contribution in [-0.4, -0.2) is 59.1 Å². The number of carbonyl (C=O) groups excluding carboxylic acids is 1. The number of hydrogen-bond acceptors (Lipinski definition) is 3. The molecular weight excluding hydrogens is 228 g/mol. The van der Waals surface area contributed by atoms with Crippen molar-refractivity contribution in [3.05, 3.63) is 0 Å². The SMILES string of the molecule is CN1CCC(CC(=O)N2CCC(O)C2(C)C)CC1. The Morgan fingerprint density at radius 3 is 2.33 bits per heavy atom. The largest absolute Gasteiger partial charge is 0.391 e. The molecule has 104 valence electrons. The second-order valence-electron chi connectivity index (χ2n) is 6.45. The van der Waals surface area contributed by atoms with Crippen LogP contribution in [0.1, 0.15) is 39.5 Å². The second kappa shape index (κ2) is 5.17. The zero-order valence-electron chi connectivity index (χ0n) is 11.9. The first-order chi connectivity index (χ1) is 8.41. The van der Waals surface area contributed by atoms with E-state index in [-0.39, 0.29) is 17.6 Å². The molecule has 2 aliphatic heterocycles. The number of rotatable bonds is 2. The highest BCUT2D eigenvalue weighted by atomic mass is 16.3. The van der Waals surface area contributed by atoms with Crippen molar-refractivity contribution in [2.75, 3.05) is 26.7 Å². The zero-order chi connectivity index (χ0) is 13.3. The highest BCUT2D eigenvalue weighted by Gasteiger charge is 2.43. The van der Waals surface area contributed by atoms with Gasteiger partial charge in [-0.1, -0.05) is 0 Å². The van der Waals surface area contributed by atoms with Gasteiger partial charge in [-0.15, -0.1) is 0 Å². The molecule has 0 aromatic heterocycles. The quantitative estimate of drug-likeness (QED) is 0.802. The van der Waals surface area contributed by atoms with Crippen LogP contribution >= 0.6 is 0 Å². The highest BCUT2D eigenvalue weighted by molar-refractivity contribution is 5.77. The number of carbonyl (C=O) groups is 1. The van der Waals surface area contributed by atoms with E-state index >= 15 is 0 Å². The number of hydrogen-bond donors (Lipinski definition) is 1. The fourth-order valence-corrected chi connectivity index (χ4v) is 3.14. The number of aliphatic hydroxyl groups excluding tert-OH is 1. The summed E-state index contributed by atoms with van der Waals surface area (Å²) in [5, 5.41) is 9.92. The van der Waals surface area contributed by atoms with Gasteiger partial charge in [0.25, 0.3) is 0 Å². The van der Waals surface area contributed by atoms with Crippen molar-refractivity contribution >= 4 is 5.91 Å². The smallest absolute Gasteiger partial charge is 0.223 e. The van der Waals surface area contributed by atoms with Gasteiger partial charge in [-0.2, -0.15) is 0 Å². The topological polar surface area (TPSA) is 43.8 Å². The van der Waals surface area contributed by atoms with Crippen LogP contribution in [0.3, 0.4) is 0 Å². The molecule has 0 aromatic rings. The molecular formula is C14H26N2O2. The van der Waals surface area contributed by atoms with Crippen LogP contribution in [0.25, 0.3) is 0 Å². The average Bonchev–Trinajstić information content (AvgIpc) is 2.57. The van der Waals surface area contributed by atoms with E-state index in [0.29, 0.717) is 25.3 Å². The summed E-state index contributed by atoms with van der Waals surface area (Å²) in [6.45, 7) is 6.85. The zero-order valence-corrected chi connectivity index (χ0v) is 11.9. The van der Waals surface area contributed by atoms with Crippen molar-refractivity contribution in [1.29, 1.82) is 0 Å². The Balaban J connectivity index is 1.89. The maximum atomic E-state index is 12.4. The minimum atomic E-state index is -0.386. The molecule has 2 rings (SSSR count). The molecule has 4 heteroatoms. The van der Waals surface area contributed by atoms with E-state index in [0.717, 1.165) is 25.9 Å². The van der Waals surface area contributed by atoms with Gasteiger partial charge in [0.15, 0.2) is 0 Å². The molecule has 2 saturated heterocycles. The van der Waals surface area contributed by atoms with Crippen LogP contribution in [0, 0.1) is 5.92 Å². The first-order valence-electron chi connectivity index (χ1n) is 7.08. The summed E-state index contributed by atoms with van der Waals surface area (Å²) < 4.78 is 0. The third kappa shape index (κ3) is 2.69. The van der Waals surface area contributed by atoms with Gasteiger partial charge >= 0.3 is 0 Å². The van der Waals surface area contributed by atoms with Crippen molar-refractivity contribution in [1.82, 2.24) is 9.80 Å². The normalized spacial score (nSPS) is 29.8. The average molecular weight is 254 g/mol. The molecule has 0 radical (unpaired) electrons. The van der Waals surface area contributed by atoms with Crippen molar-refractivity contribution in [3.8, 4) is 0 Å². The monoisotopic (exact) mass is 254 g/mol. The summed E-state index contributed by atoms with van der Waals surface area (Å²) in [6.07, 6.45) is 3.24. The van der Waals surface area contributed by atoms with E-state index in [1.807, 2.05) is 18.7 Å². The molecule has 0 aliphatic carbocycles. The number of amides is 1. The molecule has 1 N–H and O–H groups in total. The maximum Gasteiger partial charge on any atom is 0.223 e. The van der Waals surface area contributed by atoms with Crippen LogP contribution in [0.5, 0.6) is 0 Å². The number of likely N-dealkylation sites (tertiary alicyclic amines) is 2. The fraction of sp³-hybridized carbons (Fsp3) is 0.929. The lowest BCUT2D eigenvalue weighted by atomic mass is 9.92. The van der Waals surface area contributed by atoms with Gasteiger partial charge < -0.3 is 14.9 Å². The first-order valence-corrected chi connectivity index (χ1v) is 7.08. The maximum absolute atomic E-state index is 12.4. The molecule has 2 aliphatic rings. The molecule has 1 amide bonds. The third-order valence-electron chi connectivity index (χ3n) is 4.74. The Kier molecular flexibility index (Phi) is 3.97. The minimum absolute atomic E-state index is 0.228.